The zero-order chi connectivity index (χ0) is 26.5. The van der Waals surface area contributed by atoms with Crippen LogP contribution >= 0.6 is 0 Å². The summed E-state index contributed by atoms with van der Waals surface area (Å²) in [5, 5.41) is 3.49. The van der Waals surface area contributed by atoms with Crippen LogP contribution in [0, 0.1) is 17.5 Å². The Hall–Kier alpha value is -3.03. The lowest BCUT2D eigenvalue weighted by molar-refractivity contribution is -0.118. The molecule has 1 saturated heterocycles. The van der Waals surface area contributed by atoms with Gasteiger partial charge in [0.15, 0.2) is 0 Å². The summed E-state index contributed by atoms with van der Waals surface area (Å²) in [5.74, 6) is -1.63. The molecule has 1 aliphatic carbocycles. The highest BCUT2D eigenvalue weighted by molar-refractivity contribution is 5.82. The number of aromatic nitrogens is 1. The van der Waals surface area contributed by atoms with Gasteiger partial charge in [0.1, 0.15) is 23.2 Å². The smallest absolute Gasteiger partial charge is 0.144 e. The molecule has 1 N–H and O–H groups in total. The zero-order valence-corrected chi connectivity index (χ0v) is 21.4. The van der Waals surface area contributed by atoms with E-state index in [9.17, 15) is 18.0 Å². The number of ether oxygens (including phenoxy) is 1. The molecule has 0 radical (unpaired) electrons. The van der Waals surface area contributed by atoms with Crippen molar-refractivity contribution in [2.45, 2.75) is 69.0 Å². The summed E-state index contributed by atoms with van der Waals surface area (Å²) in [7, 11) is 0. The Bertz CT molecular complexity index is 1200. The Morgan fingerprint density at radius 1 is 0.974 bits per heavy atom. The Balaban J connectivity index is 1.29. The van der Waals surface area contributed by atoms with E-state index in [1.165, 1.54) is 43.3 Å². The predicted molar refractivity (Wildman–Crippen MR) is 139 cm³/mol. The molecular weight excluding hydrogens is 489 g/mol. The summed E-state index contributed by atoms with van der Waals surface area (Å²) < 4.78 is 48.5. The maximum Gasteiger partial charge on any atom is 0.144 e. The monoisotopic (exact) mass is 522 g/mol. The first-order chi connectivity index (χ1) is 18.4. The quantitative estimate of drug-likeness (QED) is 0.371. The van der Waals surface area contributed by atoms with Crippen molar-refractivity contribution in [3.05, 3.63) is 101 Å². The molecule has 1 spiro atoms. The van der Waals surface area contributed by atoms with Gasteiger partial charge < -0.3 is 10.1 Å². The first-order valence-corrected chi connectivity index (χ1v) is 13.4. The van der Waals surface area contributed by atoms with Crippen molar-refractivity contribution in [3.63, 3.8) is 0 Å². The molecule has 2 fully saturated rings. The summed E-state index contributed by atoms with van der Waals surface area (Å²) in [4.78, 5) is 17.3. The van der Waals surface area contributed by atoms with Gasteiger partial charge in [-0.05, 0) is 72.2 Å². The number of halogens is 3. The van der Waals surface area contributed by atoms with E-state index in [4.69, 9.17) is 4.74 Å². The van der Waals surface area contributed by atoms with E-state index in [-0.39, 0.29) is 47.9 Å². The molecule has 7 heteroatoms. The van der Waals surface area contributed by atoms with Crippen molar-refractivity contribution in [2.24, 2.45) is 0 Å². The normalized spacial score (nSPS) is 18.8. The lowest BCUT2D eigenvalue weighted by atomic mass is 9.85. The van der Waals surface area contributed by atoms with Gasteiger partial charge in [-0.1, -0.05) is 37.1 Å². The van der Waals surface area contributed by atoms with Crippen LogP contribution in [0.1, 0.15) is 66.7 Å². The van der Waals surface area contributed by atoms with Crippen molar-refractivity contribution in [3.8, 4) is 0 Å². The van der Waals surface area contributed by atoms with Crippen LogP contribution in [0.15, 0.2) is 60.9 Å². The van der Waals surface area contributed by atoms with Gasteiger partial charge in [0.05, 0.1) is 17.9 Å². The number of hydrogen-bond donors (Lipinski definition) is 1. The first-order valence-electron chi connectivity index (χ1n) is 13.4. The highest BCUT2D eigenvalue weighted by Crippen LogP contribution is 2.36. The second kappa shape index (κ2) is 11.8. The Morgan fingerprint density at radius 3 is 2.24 bits per heavy atom. The standard InChI is InChI=1S/C31H33F3N2O2/c32-24-7-3-21(4-8-24)29(22-5-9-25(33)10-6-22)16-26(37)15-23-17-35-19-30(34)28(23)12-11-27-18-36-20-31(38-27)13-1-2-14-31/h3-10,17,19,27,29,36H,1-2,11-16,18,20H2/t27-/m1/s1. The minimum Gasteiger partial charge on any atom is -0.369 e. The molecule has 4 nitrogen and oxygen atoms in total. The molecule has 0 bridgehead atoms. The maximum absolute atomic E-state index is 14.9. The highest BCUT2D eigenvalue weighted by Gasteiger charge is 2.39. The van der Waals surface area contributed by atoms with Gasteiger partial charge in [-0.3, -0.25) is 9.78 Å². The number of morpholine rings is 1. The fraction of sp³-hybridized carbons (Fsp3) is 0.419. The topological polar surface area (TPSA) is 51.2 Å². The molecule has 5 rings (SSSR count). The van der Waals surface area contributed by atoms with Gasteiger partial charge in [-0.25, -0.2) is 13.2 Å². The van der Waals surface area contributed by atoms with Crippen molar-refractivity contribution in [1.82, 2.24) is 10.3 Å². The summed E-state index contributed by atoms with van der Waals surface area (Å²) in [6.45, 7) is 1.61. The molecule has 1 aromatic heterocycles. The molecule has 2 heterocycles. The van der Waals surface area contributed by atoms with Gasteiger partial charge in [0.25, 0.3) is 0 Å². The van der Waals surface area contributed by atoms with Gasteiger partial charge in [0.2, 0.25) is 0 Å². The number of rotatable bonds is 9. The molecule has 1 aliphatic heterocycles. The zero-order valence-electron chi connectivity index (χ0n) is 21.4. The van der Waals surface area contributed by atoms with Crippen LogP contribution in [-0.2, 0) is 22.4 Å². The number of Topliss-reactive ketones (excluding diaryl/α,β-unsaturated/α-hetero) is 1. The van der Waals surface area contributed by atoms with Gasteiger partial charge >= 0.3 is 0 Å². The molecule has 1 atom stereocenters. The number of pyridine rings is 1. The summed E-state index contributed by atoms with van der Waals surface area (Å²) >= 11 is 0. The Morgan fingerprint density at radius 2 is 1.61 bits per heavy atom. The second-order valence-electron chi connectivity index (χ2n) is 10.6. The van der Waals surface area contributed by atoms with Crippen molar-refractivity contribution in [1.29, 1.82) is 0 Å². The van der Waals surface area contributed by atoms with Crippen LogP contribution in [0.3, 0.4) is 0 Å². The van der Waals surface area contributed by atoms with Gasteiger partial charge in [-0.2, -0.15) is 0 Å². The first kappa shape index (κ1) is 26.6. The van der Waals surface area contributed by atoms with E-state index >= 15 is 0 Å². The lowest BCUT2D eigenvalue weighted by Gasteiger charge is -2.39. The average molecular weight is 523 g/mol. The molecule has 38 heavy (non-hydrogen) atoms. The predicted octanol–water partition coefficient (Wildman–Crippen LogP) is 6.07. The van der Waals surface area contributed by atoms with Crippen LogP contribution in [0.2, 0.25) is 0 Å². The highest BCUT2D eigenvalue weighted by atomic mass is 19.1. The van der Waals surface area contributed by atoms with Crippen LogP contribution in [0.5, 0.6) is 0 Å². The van der Waals surface area contributed by atoms with Gasteiger partial charge in [0, 0.05) is 38.0 Å². The van der Waals surface area contributed by atoms with Crippen LogP contribution in [0.4, 0.5) is 13.2 Å². The average Bonchev–Trinajstić information content (AvgIpc) is 3.35. The Kier molecular flexibility index (Phi) is 8.24. The molecule has 1 saturated carbocycles. The third-order valence-corrected chi connectivity index (χ3v) is 7.93. The van der Waals surface area contributed by atoms with Crippen LogP contribution in [0.25, 0.3) is 0 Å². The summed E-state index contributed by atoms with van der Waals surface area (Å²) in [6.07, 6.45) is 8.50. The Labute approximate surface area is 221 Å². The lowest BCUT2D eigenvalue weighted by Crippen LogP contribution is -2.52. The van der Waals surface area contributed by atoms with Crippen LogP contribution in [-0.4, -0.2) is 35.6 Å². The van der Waals surface area contributed by atoms with Crippen molar-refractivity contribution >= 4 is 5.78 Å². The van der Waals surface area contributed by atoms with E-state index < -0.39 is 5.82 Å². The fourth-order valence-electron chi connectivity index (χ4n) is 5.94. The number of carbonyl (C=O) groups is 1. The molecule has 200 valence electrons. The second-order valence-corrected chi connectivity index (χ2v) is 10.6. The van der Waals surface area contributed by atoms with E-state index in [2.05, 4.69) is 10.3 Å². The number of nitrogens with one attached hydrogen (secondary N) is 1. The van der Waals surface area contributed by atoms with E-state index in [0.29, 0.717) is 24.0 Å². The summed E-state index contributed by atoms with van der Waals surface area (Å²) in [6, 6.07) is 12.0. The largest absolute Gasteiger partial charge is 0.369 e. The number of nitrogens with zero attached hydrogens (tertiary/aromatic N) is 1. The van der Waals surface area contributed by atoms with E-state index in [1.54, 1.807) is 30.5 Å². The van der Waals surface area contributed by atoms with Gasteiger partial charge in [-0.15, -0.1) is 0 Å². The third-order valence-electron chi connectivity index (χ3n) is 7.93. The molecule has 2 aromatic carbocycles. The minimum atomic E-state index is -0.414. The molecule has 3 aromatic rings. The van der Waals surface area contributed by atoms with Crippen molar-refractivity contribution in [2.75, 3.05) is 13.1 Å². The van der Waals surface area contributed by atoms with Crippen LogP contribution < -0.4 is 5.32 Å². The number of hydrogen-bond acceptors (Lipinski definition) is 4. The molecule has 2 aliphatic rings. The number of benzene rings is 2. The maximum atomic E-state index is 14.9. The summed E-state index contributed by atoms with van der Waals surface area (Å²) in [5.41, 5.74) is 2.50. The number of ketones is 1. The van der Waals surface area contributed by atoms with Crippen molar-refractivity contribution < 1.29 is 22.7 Å². The number of carbonyl (C=O) groups excluding carboxylic acids is 1. The molecule has 0 unspecified atom stereocenters. The van der Waals surface area contributed by atoms with E-state index in [1.807, 2.05) is 0 Å². The molecule has 0 amide bonds. The SMILES string of the molecule is O=C(Cc1cncc(F)c1CC[C@@H]1CNCC2(CCCC2)O1)CC(c1ccc(F)cc1)c1ccc(F)cc1. The third kappa shape index (κ3) is 6.33. The minimum absolute atomic E-state index is 0.000649. The fourth-order valence-corrected chi connectivity index (χ4v) is 5.94. The molecular formula is C31H33F3N2O2. The van der Waals surface area contributed by atoms with E-state index in [0.717, 1.165) is 37.1 Å².